The molecule has 5 nitrogen and oxygen atoms in total. The molecule has 1 saturated heterocycles. The number of rotatable bonds is 3. The van der Waals surface area contributed by atoms with Crippen molar-refractivity contribution in [2.24, 2.45) is 0 Å². The van der Waals surface area contributed by atoms with E-state index in [1.165, 1.54) is 0 Å². The van der Waals surface area contributed by atoms with E-state index in [1.807, 2.05) is 0 Å². The molecule has 1 aliphatic heterocycles. The Hall–Kier alpha value is -1.15. The molecule has 0 radical (unpaired) electrons. The van der Waals surface area contributed by atoms with E-state index in [0.29, 0.717) is 24.2 Å². The van der Waals surface area contributed by atoms with E-state index in [9.17, 15) is 18.3 Å². The summed E-state index contributed by atoms with van der Waals surface area (Å²) in [5.41, 5.74) is -2.56. The summed E-state index contributed by atoms with van der Waals surface area (Å²) in [6, 6.07) is 0. The lowest BCUT2D eigenvalue weighted by molar-refractivity contribution is -0.273. The molecule has 0 aromatic carbocycles. The van der Waals surface area contributed by atoms with Gasteiger partial charge in [-0.15, -0.1) is 10.2 Å². The summed E-state index contributed by atoms with van der Waals surface area (Å²) < 4.78 is 43.5. The van der Waals surface area contributed by atoms with Crippen LogP contribution in [-0.2, 0) is 6.54 Å². The largest absolute Gasteiger partial charge is 0.424 e. The zero-order valence-electron chi connectivity index (χ0n) is 10.9. The van der Waals surface area contributed by atoms with Gasteiger partial charge in [0, 0.05) is 19.0 Å². The number of aliphatic hydroxyl groups is 1. The van der Waals surface area contributed by atoms with Crippen LogP contribution in [0.1, 0.15) is 43.4 Å². The Morgan fingerprint density at radius 1 is 1.25 bits per heavy atom. The first-order chi connectivity index (χ1) is 9.37. The number of halogens is 3. The van der Waals surface area contributed by atoms with Crippen LogP contribution in [0, 0.1) is 0 Å². The van der Waals surface area contributed by atoms with Crippen molar-refractivity contribution in [3.63, 3.8) is 0 Å². The molecule has 1 N–H and O–H groups in total. The van der Waals surface area contributed by atoms with Crippen molar-refractivity contribution in [1.82, 2.24) is 15.1 Å². The smallest absolute Gasteiger partial charge is 0.417 e. The third-order valence-corrected chi connectivity index (χ3v) is 3.98. The van der Waals surface area contributed by atoms with Gasteiger partial charge in [-0.05, 0) is 25.7 Å². The molecule has 2 aliphatic rings. The Morgan fingerprint density at radius 3 is 2.45 bits per heavy atom. The van der Waals surface area contributed by atoms with Crippen LogP contribution in [0.5, 0.6) is 0 Å². The zero-order valence-corrected chi connectivity index (χ0v) is 10.9. The summed E-state index contributed by atoms with van der Waals surface area (Å²) in [5, 5.41) is 17.4. The molecule has 2 heterocycles. The highest BCUT2D eigenvalue weighted by molar-refractivity contribution is 5.00. The molecule has 0 unspecified atom stereocenters. The second kappa shape index (κ2) is 4.70. The van der Waals surface area contributed by atoms with Gasteiger partial charge in [0.25, 0.3) is 0 Å². The van der Waals surface area contributed by atoms with E-state index in [0.717, 1.165) is 12.8 Å². The summed E-state index contributed by atoms with van der Waals surface area (Å²) in [4.78, 5) is 1.80. The number of hydrogen-bond donors (Lipinski definition) is 1. The maximum atomic E-state index is 12.7. The maximum Gasteiger partial charge on any atom is 0.417 e. The summed E-state index contributed by atoms with van der Waals surface area (Å²) in [5.74, 6) is 1.43. The number of likely N-dealkylation sites (tertiary alicyclic amines) is 1. The number of hydrogen-bond acceptors (Lipinski definition) is 5. The predicted octanol–water partition coefficient (Wildman–Crippen LogP) is 1.84. The molecule has 2 fully saturated rings. The second-order valence-corrected chi connectivity index (χ2v) is 5.61. The van der Waals surface area contributed by atoms with Crippen LogP contribution in [0.4, 0.5) is 13.2 Å². The average Bonchev–Trinajstić information content (AvgIpc) is 3.12. The van der Waals surface area contributed by atoms with Gasteiger partial charge in [-0.2, -0.15) is 13.2 Å². The minimum absolute atomic E-state index is 0.164. The van der Waals surface area contributed by atoms with Gasteiger partial charge in [-0.25, -0.2) is 0 Å². The molecule has 0 spiro atoms. The zero-order chi connectivity index (χ0) is 14.4. The van der Waals surface area contributed by atoms with Crippen LogP contribution in [0.15, 0.2) is 4.42 Å². The van der Waals surface area contributed by atoms with Gasteiger partial charge in [-0.1, -0.05) is 0 Å². The fraction of sp³-hybridized carbons (Fsp3) is 0.833. The van der Waals surface area contributed by atoms with Gasteiger partial charge in [0.05, 0.1) is 6.54 Å². The van der Waals surface area contributed by atoms with Crippen LogP contribution >= 0.6 is 0 Å². The molecule has 1 saturated carbocycles. The number of alkyl halides is 3. The predicted molar refractivity (Wildman–Crippen MR) is 61.8 cm³/mol. The van der Waals surface area contributed by atoms with Crippen molar-refractivity contribution in [1.29, 1.82) is 0 Å². The number of nitrogens with zero attached hydrogens (tertiary/aromatic N) is 3. The third-order valence-electron chi connectivity index (χ3n) is 3.98. The Labute approximate surface area is 113 Å². The average molecular weight is 291 g/mol. The van der Waals surface area contributed by atoms with Gasteiger partial charge in [0.1, 0.15) is 0 Å². The van der Waals surface area contributed by atoms with Crippen LogP contribution in [0.25, 0.3) is 0 Å². The van der Waals surface area contributed by atoms with Crippen LogP contribution in [0.3, 0.4) is 0 Å². The van der Waals surface area contributed by atoms with Gasteiger partial charge in [0.2, 0.25) is 11.8 Å². The molecule has 3 rings (SSSR count). The monoisotopic (exact) mass is 291 g/mol. The number of piperidine rings is 1. The highest BCUT2D eigenvalue weighted by atomic mass is 19.4. The van der Waals surface area contributed by atoms with E-state index in [-0.39, 0.29) is 25.9 Å². The highest BCUT2D eigenvalue weighted by Crippen LogP contribution is 2.40. The molecule has 0 atom stereocenters. The van der Waals surface area contributed by atoms with E-state index < -0.39 is 11.8 Å². The lowest BCUT2D eigenvalue weighted by Crippen LogP contribution is -2.53. The third kappa shape index (κ3) is 2.67. The van der Waals surface area contributed by atoms with E-state index >= 15 is 0 Å². The first-order valence-corrected chi connectivity index (χ1v) is 6.71. The Kier molecular flexibility index (Phi) is 3.24. The molecule has 20 heavy (non-hydrogen) atoms. The van der Waals surface area contributed by atoms with Crippen molar-refractivity contribution in [3.8, 4) is 0 Å². The molecule has 0 amide bonds. The summed E-state index contributed by atoms with van der Waals surface area (Å²) in [7, 11) is 0. The SMILES string of the molecule is OC1(C(F)(F)F)CCN(Cc2nnc(C3CC3)o2)CC1. The maximum absolute atomic E-state index is 12.7. The molecule has 1 aliphatic carbocycles. The van der Waals surface area contributed by atoms with E-state index in [1.54, 1.807) is 4.90 Å². The number of aromatic nitrogens is 2. The standard InChI is InChI=1S/C12H16F3N3O2/c13-12(14,15)11(19)3-5-18(6-4-11)7-9-16-17-10(20-9)8-1-2-8/h8,19H,1-7H2. The fourth-order valence-electron chi connectivity index (χ4n) is 2.38. The topological polar surface area (TPSA) is 62.4 Å². The van der Waals surface area contributed by atoms with E-state index in [2.05, 4.69) is 10.2 Å². The van der Waals surface area contributed by atoms with Gasteiger partial charge < -0.3 is 9.52 Å². The van der Waals surface area contributed by atoms with Crippen molar-refractivity contribution in [2.45, 2.75) is 49.9 Å². The molecule has 112 valence electrons. The Bertz CT molecular complexity index is 477. The molecular formula is C12H16F3N3O2. The van der Waals surface area contributed by atoms with Gasteiger partial charge >= 0.3 is 6.18 Å². The van der Waals surface area contributed by atoms with Crippen LogP contribution in [0.2, 0.25) is 0 Å². The van der Waals surface area contributed by atoms with Crippen molar-refractivity contribution < 1.29 is 22.7 Å². The molecule has 0 bridgehead atoms. The lowest BCUT2D eigenvalue weighted by Gasteiger charge is -2.38. The van der Waals surface area contributed by atoms with Gasteiger partial charge in [-0.3, -0.25) is 4.90 Å². The molecule has 1 aromatic rings. The fourth-order valence-corrected chi connectivity index (χ4v) is 2.38. The quantitative estimate of drug-likeness (QED) is 0.920. The minimum Gasteiger partial charge on any atom is -0.424 e. The van der Waals surface area contributed by atoms with Gasteiger partial charge in [0.15, 0.2) is 5.60 Å². The Balaban J connectivity index is 1.55. The van der Waals surface area contributed by atoms with E-state index in [4.69, 9.17) is 4.42 Å². The van der Waals surface area contributed by atoms with Crippen molar-refractivity contribution >= 4 is 0 Å². The minimum atomic E-state index is -4.57. The normalized spacial score (nSPS) is 24.0. The highest BCUT2D eigenvalue weighted by Gasteiger charge is 2.54. The molecule has 1 aromatic heterocycles. The summed E-state index contributed by atoms with van der Waals surface area (Å²) >= 11 is 0. The van der Waals surface area contributed by atoms with Crippen molar-refractivity contribution in [3.05, 3.63) is 11.8 Å². The summed E-state index contributed by atoms with van der Waals surface area (Å²) in [6.45, 7) is 0.669. The molecule has 8 heteroatoms. The van der Waals surface area contributed by atoms with Crippen molar-refractivity contribution in [2.75, 3.05) is 13.1 Å². The first kappa shape index (κ1) is 13.8. The summed E-state index contributed by atoms with van der Waals surface area (Å²) in [6.07, 6.45) is -3.09. The molecular weight excluding hydrogens is 275 g/mol. The Morgan fingerprint density at radius 2 is 1.90 bits per heavy atom. The van der Waals surface area contributed by atoms with Crippen LogP contribution in [-0.4, -0.2) is 45.1 Å². The second-order valence-electron chi connectivity index (χ2n) is 5.61. The lowest BCUT2D eigenvalue weighted by atomic mass is 9.91. The van der Waals surface area contributed by atoms with Crippen LogP contribution < -0.4 is 0 Å². The first-order valence-electron chi connectivity index (χ1n) is 6.71.